The van der Waals surface area contributed by atoms with Gasteiger partial charge in [0.2, 0.25) is 5.95 Å². The first-order valence-corrected chi connectivity index (χ1v) is 8.14. The lowest BCUT2D eigenvalue weighted by atomic mass is 10.2. The minimum atomic E-state index is 0.583. The Labute approximate surface area is 146 Å². The van der Waals surface area contributed by atoms with E-state index in [9.17, 15) is 0 Å². The lowest BCUT2D eigenvalue weighted by molar-refractivity contribution is 1.06. The average molecular weight is 339 g/mol. The monoisotopic (exact) mass is 338 g/mol. The molecule has 3 aromatic rings. The third-order valence-electron chi connectivity index (χ3n) is 3.52. The van der Waals surface area contributed by atoms with Crippen LogP contribution in [-0.2, 0) is 6.54 Å². The molecule has 0 unspecified atom stereocenters. The van der Waals surface area contributed by atoms with Crippen molar-refractivity contribution < 1.29 is 0 Å². The van der Waals surface area contributed by atoms with Crippen LogP contribution in [0.15, 0.2) is 54.6 Å². The van der Waals surface area contributed by atoms with Gasteiger partial charge >= 0.3 is 0 Å². The van der Waals surface area contributed by atoms with Gasteiger partial charge in [0, 0.05) is 29.0 Å². The van der Waals surface area contributed by atoms with Gasteiger partial charge in [0.05, 0.1) is 0 Å². The summed E-state index contributed by atoms with van der Waals surface area (Å²) in [6.45, 7) is 4.69. The van der Waals surface area contributed by atoms with Crippen LogP contribution < -0.4 is 10.6 Å². The van der Waals surface area contributed by atoms with Crippen LogP contribution in [0.1, 0.15) is 16.8 Å². The van der Waals surface area contributed by atoms with Crippen molar-refractivity contribution in [3.63, 3.8) is 0 Å². The highest BCUT2D eigenvalue weighted by Gasteiger charge is 2.03. The van der Waals surface area contributed by atoms with Gasteiger partial charge in [0.25, 0.3) is 0 Å². The van der Waals surface area contributed by atoms with Crippen molar-refractivity contribution in [2.24, 2.45) is 0 Å². The number of aryl methyl sites for hydroxylation is 2. The molecule has 0 radical (unpaired) electrons. The minimum Gasteiger partial charge on any atom is -0.366 e. The summed E-state index contributed by atoms with van der Waals surface area (Å²) in [6, 6.07) is 17.8. The molecule has 0 atom stereocenters. The van der Waals surface area contributed by atoms with Gasteiger partial charge < -0.3 is 10.6 Å². The fourth-order valence-corrected chi connectivity index (χ4v) is 2.49. The molecule has 4 nitrogen and oxygen atoms in total. The highest BCUT2D eigenvalue weighted by Crippen LogP contribution is 2.17. The minimum absolute atomic E-state index is 0.583. The zero-order valence-electron chi connectivity index (χ0n) is 13.7. The number of hydrogen-bond donors (Lipinski definition) is 2. The molecule has 0 aliphatic heterocycles. The highest BCUT2D eigenvalue weighted by molar-refractivity contribution is 6.30. The summed E-state index contributed by atoms with van der Waals surface area (Å²) in [6.07, 6.45) is 0. The van der Waals surface area contributed by atoms with Crippen molar-refractivity contribution in [3.8, 4) is 0 Å². The van der Waals surface area contributed by atoms with E-state index >= 15 is 0 Å². The van der Waals surface area contributed by atoms with Crippen molar-refractivity contribution in [3.05, 3.63) is 76.4 Å². The van der Waals surface area contributed by atoms with E-state index in [1.54, 1.807) is 0 Å². The highest BCUT2D eigenvalue weighted by atomic mass is 35.5. The second-order valence-electron chi connectivity index (χ2n) is 5.69. The predicted molar refractivity (Wildman–Crippen MR) is 100 cm³/mol. The molecule has 0 bridgehead atoms. The summed E-state index contributed by atoms with van der Waals surface area (Å²) < 4.78 is 0. The van der Waals surface area contributed by atoms with E-state index in [2.05, 4.69) is 39.7 Å². The number of anilines is 3. The molecule has 0 aliphatic carbocycles. The normalized spacial score (nSPS) is 10.5. The molecular formula is C19H19ClN4. The van der Waals surface area contributed by atoms with Crippen molar-refractivity contribution in [2.75, 3.05) is 10.6 Å². The van der Waals surface area contributed by atoms with Crippen LogP contribution >= 0.6 is 11.6 Å². The lowest BCUT2D eigenvalue weighted by Crippen LogP contribution is -2.05. The first-order chi connectivity index (χ1) is 11.6. The summed E-state index contributed by atoms with van der Waals surface area (Å²) in [5.74, 6) is 1.37. The third-order valence-corrected chi connectivity index (χ3v) is 3.77. The predicted octanol–water partition coefficient (Wildman–Crippen LogP) is 5.10. The van der Waals surface area contributed by atoms with E-state index in [-0.39, 0.29) is 0 Å². The van der Waals surface area contributed by atoms with Crippen molar-refractivity contribution in [1.82, 2.24) is 9.97 Å². The number of rotatable bonds is 5. The largest absolute Gasteiger partial charge is 0.366 e. The third kappa shape index (κ3) is 4.46. The maximum Gasteiger partial charge on any atom is 0.229 e. The molecule has 0 fully saturated rings. The SMILES string of the molecule is Cc1cccc(Nc2nc(C)cc(NCc3ccc(Cl)cc3)n2)c1. The molecule has 0 saturated heterocycles. The molecule has 2 aromatic carbocycles. The topological polar surface area (TPSA) is 49.8 Å². The van der Waals surface area contributed by atoms with Crippen molar-refractivity contribution in [1.29, 1.82) is 0 Å². The van der Waals surface area contributed by atoms with Crippen LogP contribution in [0.5, 0.6) is 0 Å². The molecule has 122 valence electrons. The summed E-state index contributed by atoms with van der Waals surface area (Å²) in [5, 5.41) is 7.31. The van der Waals surface area contributed by atoms with Crippen LogP contribution in [0.4, 0.5) is 17.5 Å². The summed E-state index contributed by atoms with van der Waals surface area (Å²) in [4.78, 5) is 8.98. The number of nitrogens with zero attached hydrogens (tertiary/aromatic N) is 2. The molecule has 0 spiro atoms. The van der Waals surface area contributed by atoms with Crippen LogP contribution in [0.2, 0.25) is 5.02 Å². The van der Waals surface area contributed by atoms with Crippen LogP contribution in [0.25, 0.3) is 0 Å². The lowest BCUT2D eigenvalue weighted by Gasteiger charge is -2.10. The van der Waals surface area contributed by atoms with E-state index in [4.69, 9.17) is 11.6 Å². The number of benzene rings is 2. The van der Waals surface area contributed by atoms with Gasteiger partial charge in [-0.15, -0.1) is 0 Å². The second kappa shape index (κ2) is 7.32. The Bertz CT molecular complexity index is 831. The average Bonchev–Trinajstić information content (AvgIpc) is 2.54. The van der Waals surface area contributed by atoms with Gasteiger partial charge in [0.1, 0.15) is 5.82 Å². The molecular weight excluding hydrogens is 320 g/mol. The number of nitrogens with one attached hydrogen (secondary N) is 2. The fourth-order valence-electron chi connectivity index (χ4n) is 2.36. The number of halogens is 1. The Balaban J connectivity index is 1.72. The van der Waals surface area contributed by atoms with Crippen molar-refractivity contribution in [2.45, 2.75) is 20.4 Å². The zero-order chi connectivity index (χ0) is 16.9. The molecule has 5 heteroatoms. The quantitative estimate of drug-likeness (QED) is 0.679. The fraction of sp³-hybridized carbons (Fsp3) is 0.158. The molecule has 1 heterocycles. The zero-order valence-corrected chi connectivity index (χ0v) is 14.4. The Morgan fingerprint density at radius 1 is 0.958 bits per heavy atom. The number of aromatic nitrogens is 2. The first kappa shape index (κ1) is 16.3. The van der Waals surface area contributed by atoms with Gasteiger partial charge in [-0.2, -0.15) is 4.98 Å². The first-order valence-electron chi connectivity index (χ1n) is 7.76. The Morgan fingerprint density at radius 3 is 2.50 bits per heavy atom. The van der Waals surface area contributed by atoms with Crippen LogP contribution in [0.3, 0.4) is 0 Å². The van der Waals surface area contributed by atoms with E-state index in [0.29, 0.717) is 12.5 Å². The van der Waals surface area contributed by atoms with Gasteiger partial charge in [-0.3, -0.25) is 0 Å². The van der Waals surface area contributed by atoms with E-state index < -0.39 is 0 Å². The molecule has 0 saturated carbocycles. The van der Waals surface area contributed by atoms with Gasteiger partial charge in [0.15, 0.2) is 0 Å². The summed E-state index contributed by atoms with van der Waals surface area (Å²) >= 11 is 5.91. The second-order valence-corrected chi connectivity index (χ2v) is 6.13. The van der Waals surface area contributed by atoms with Crippen molar-refractivity contribution >= 4 is 29.1 Å². The maximum absolute atomic E-state index is 5.91. The molecule has 3 rings (SSSR count). The molecule has 1 aromatic heterocycles. The Hall–Kier alpha value is -2.59. The van der Waals surface area contributed by atoms with Gasteiger partial charge in [-0.25, -0.2) is 4.98 Å². The smallest absolute Gasteiger partial charge is 0.229 e. The molecule has 2 N–H and O–H groups in total. The van der Waals surface area contributed by atoms with Crippen LogP contribution in [-0.4, -0.2) is 9.97 Å². The molecule has 0 aliphatic rings. The Kier molecular flexibility index (Phi) is 4.96. The van der Waals surface area contributed by atoms with E-state index in [1.165, 1.54) is 5.56 Å². The molecule has 0 amide bonds. The summed E-state index contributed by atoms with van der Waals surface area (Å²) in [5.41, 5.74) is 4.21. The number of hydrogen-bond acceptors (Lipinski definition) is 4. The van der Waals surface area contributed by atoms with Gasteiger partial charge in [-0.1, -0.05) is 35.9 Å². The van der Waals surface area contributed by atoms with E-state index in [0.717, 1.165) is 27.8 Å². The molecule has 24 heavy (non-hydrogen) atoms. The Morgan fingerprint density at radius 2 is 1.75 bits per heavy atom. The standard InChI is InChI=1S/C19H19ClN4/c1-13-4-3-5-17(10-13)23-19-22-14(2)11-18(24-19)21-12-15-6-8-16(20)9-7-15/h3-11H,12H2,1-2H3,(H2,21,22,23,24). The summed E-state index contributed by atoms with van der Waals surface area (Å²) in [7, 11) is 0. The maximum atomic E-state index is 5.91. The van der Waals surface area contributed by atoms with Crippen LogP contribution in [0, 0.1) is 13.8 Å². The van der Waals surface area contributed by atoms with E-state index in [1.807, 2.05) is 49.4 Å². The van der Waals surface area contributed by atoms with Gasteiger partial charge in [-0.05, 0) is 49.2 Å².